The number of aryl methyl sites for hydroxylation is 1. The van der Waals surface area contributed by atoms with E-state index in [1.165, 1.54) is 19.2 Å². The van der Waals surface area contributed by atoms with Crippen LogP contribution in [0.25, 0.3) is 0 Å². The first-order chi connectivity index (χ1) is 9.32. The summed E-state index contributed by atoms with van der Waals surface area (Å²) in [7, 11) is -2.57. The fraction of sp³-hybridized carbons (Fsp3) is 0.462. The summed E-state index contributed by atoms with van der Waals surface area (Å²) in [5, 5.41) is 0. The van der Waals surface area contributed by atoms with E-state index in [9.17, 15) is 17.6 Å². The van der Waals surface area contributed by atoms with Gasteiger partial charge in [-0.25, -0.2) is 12.8 Å². The van der Waals surface area contributed by atoms with Crippen LogP contribution in [0.5, 0.6) is 0 Å². The first-order valence-corrected chi connectivity index (χ1v) is 7.60. The molecule has 0 amide bonds. The topological polar surface area (TPSA) is 63.7 Å². The highest BCUT2D eigenvalue weighted by molar-refractivity contribution is 7.89. The molecule has 7 heteroatoms. The highest BCUT2D eigenvalue weighted by atomic mass is 32.2. The van der Waals surface area contributed by atoms with Gasteiger partial charge in [0.25, 0.3) is 0 Å². The molecular formula is C13H18FNO4S. The SMILES string of the molecule is CCN(CCC(=O)OC)S(=O)(=O)c1ccc(C)c(F)c1. The zero-order valence-corrected chi connectivity index (χ0v) is 12.5. The second kappa shape index (κ2) is 6.81. The van der Waals surface area contributed by atoms with Crippen LogP contribution in [0.15, 0.2) is 23.1 Å². The fourth-order valence-corrected chi connectivity index (χ4v) is 3.11. The van der Waals surface area contributed by atoms with Crippen LogP contribution in [0.2, 0.25) is 0 Å². The smallest absolute Gasteiger partial charge is 0.306 e. The number of carbonyl (C=O) groups excluding carboxylic acids is 1. The van der Waals surface area contributed by atoms with Gasteiger partial charge < -0.3 is 4.74 Å². The zero-order chi connectivity index (χ0) is 15.3. The molecule has 0 fully saturated rings. The summed E-state index contributed by atoms with van der Waals surface area (Å²) in [5.74, 6) is -1.07. The molecule has 0 heterocycles. The Morgan fingerprint density at radius 3 is 2.55 bits per heavy atom. The monoisotopic (exact) mass is 303 g/mol. The molecule has 112 valence electrons. The highest BCUT2D eigenvalue weighted by Gasteiger charge is 2.24. The second-order valence-electron chi connectivity index (χ2n) is 4.23. The molecule has 0 saturated heterocycles. The zero-order valence-electron chi connectivity index (χ0n) is 11.7. The molecule has 0 unspecified atom stereocenters. The van der Waals surface area contributed by atoms with Gasteiger partial charge in [-0.05, 0) is 24.6 Å². The molecule has 5 nitrogen and oxygen atoms in total. The Morgan fingerprint density at radius 2 is 2.05 bits per heavy atom. The van der Waals surface area contributed by atoms with Gasteiger partial charge in [0.15, 0.2) is 0 Å². The van der Waals surface area contributed by atoms with Crippen molar-refractivity contribution in [2.75, 3.05) is 20.2 Å². The normalized spacial score (nSPS) is 11.7. The van der Waals surface area contributed by atoms with Crippen LogP contribution >= 0.6 is 0 Å². The molecule has 0 aliphatic carbocycles. The van der Waals surface area contributed by atoms with Crippen LogP contribution < -0.4 is 0 Å². The van der Waals surface area contributed by atoms with Gasteiger partial charge in [0.2, 0.25) is 10.0 Å². The molecular weight excluding hydrogens is 285 g/mol. The third-order valence-corrected chi connectivity index (χ3v) is 4.90. The predicted octanol–water partition coefficient (Wildman–Crippen LogP) is 1.71. The standard InChI is InChI=1S/C13H18FNO4S/c1-4-15(8-7-13(16)19-3)20(17,18)11-6-5-10(2)12(14)9-11/h5-6,9H,4,7-8H2,1-3H3. The van der Waals surface area contributed by atoms with Crippen LogP contribution in [0, 0.1) is 12.7 Å². The summed E-state index contributed by atoms with van der Waals surface area (Å²) in [6.45, 7) is 3.40. The summed E-state index contributed by atoms with van der Waals surface area (Å²) in [5.41, 5.74) is 0.376. The molecule has 1 rings (SSSR count). The minimum atomic E-state index is -3.81. The summed E-state index contributed by atoms with van der Waals surface area (Å²) in [6.07, 6.45) is -0.0437. The van der Waals surface area contributed by atoms with E-state index >= 15 is 0 Å². The number of methoxy groups -OCH3 is 1. The Morgan fingerprint density at radius 1 is 1.40 bits per heavy atom. The summed E-state index contributed by atoms with van der Waals surface area (Å²) in [6, 6.07) is 3.76. The molecule has 0 N–H and O–H groups in total. The number of sulfonamides is 1. The molecule has 1 aromatic carbocycles. The van der Waals surface area contributed by atoms with Gasteiger partial charge >= 0.3 is 5.97 Å². The Hall–Kier alpha value is -1.47. The van der Waals surface area contributed by atoms with Crippen LogP contribution in [-0.4, -0.2) is 38.9 Å². The van der Waals surface area contributed by atoms with Crippen molar-refractivity contribution in [3.05, 3.63) is 29.6 Å². The quantitative estimate of drug-likeness (QED) is 0.751. The van der Waals surface area contributed by atoms with E-state index in [4.69, 9.17) is 0 Å². The second-order valence-corrected chi connectivity index (χ2v) is 6.17. The molecule has 0 aliphatic heterocycles. The number of nitrogens with zero attached hydrogens (tertiary/aromatic N) is 1. The van der Waals surface area contributed by atoms with E-state index in [1.807, 2.05) is 0 Å². The predicted molar refractivity (Wildman–Crippen MR) is 72.2 cm³/mol. The molecule has 0 aromatic heterocycles. The van der Waals surface area contributed by atoms with Crippen molar-refractivity contribution in [2.45, 2.75) is 25.2 Å². The van der Waals surface area contributed by atoms with Gasteiger partial charge in [-0.2, -0.15) is 4.31 Å². The molecule has 20 heavy (non-hydrogen) atoms. The summed E-state index contributed by atoms with van der Waals surface area (Å²) in [4.78, 5) is 11.0. The Bertz CT molecular complexity index is 586. The lowest BCUT2D eigenvalue weighted by Gasteiger charge is -2.20. The highest BCUT2D eigenvalue weighted by Crippen LogP contribution is 2.18. The van der Waals surface area contributed by atoms with E-state index in [0.29, 0.717) is 5.56 Å². The van der Waals surface area contributed by atoms with Crippen LogP contribution in [0.1, 0.15) is 18.9 Å². The number of carbonyl (C=O) groups is 1. The van der Waals surface area contributed by atoms with Crippen molar-refractivity contribution in [1.82, 2.24) is 4.31 Å². The number of benzene rings is 1. The minimum Gasteiger partial charge on any atom is -0.469 e. The first kappa shape index (κ1) is 16.6. The maximum atomic E-state index is 13.5. The average molecular weight is 303 g/mol. The number of hydrogen-bond donors (Lipinski definition) is 0. The lowest BCUT2D eigenvalue weighted by Crippen LogP contribution is -2.33. The maximum absolute atomic E-state index is 13.5. The van der Waals surface area contributed by atoms with E-state index < -0.39 is 21.8 Å². The van der Waals surface area contributed by atoms with E-state index in [-0.39, 0.29) is 24.4 Å². The summed E-state index contributed by atoms with van der Waals surface area (Å²) < 4.78 is 43.8. The number of halogens is 1. The molecule has 0 atom stereocenters. The Labute approximate surface area is 118 Å². The van der Waals surface area contributed by atoms with Crippen molar-refractivity contribution in [3.63, 3.8) is 0 Å². The minimum absolute atomic E-state index is 0.000994. The number of rotatable bonds is 6. The third-order valence-electron chi connectivity index (χ3n) is 2.93. The van der Waals surface area contributed by atoms with Crippen molar-refractivity contribution >= 4 is 16.0 Å². The van der Waals surface area contributed by atoms with E-state index in [0.717, 1.165) is 10.4 Å². The molecule has 0 aliphatic rings. The van der Waals surface area contributed by atoms with E-state index in [2.05, 4.69) is 4.74 Å². The lowest BCUT2D eigenvalue weighted by atomic mass is 10.2. The lowest BCUT2D eigenvalue weighted by molar-refractivity contribution is -0.140. The first-order valence-electron chi connectivity index (χ1n) is 6.16. The molecule has 0 radical (unpaired) electrons. The van der Waals surface area contributed by atoms with Gasteiger partial charge in [0.1, 0.15) is 5.82 Å². The largest absolute Gasteiger partial charge is 0.469 e. The average Bonchev–Trinajstić information content (AvgIpc) is 2.41. The van der Waals surface area contributed by atoms with Crippen LogP contribution in [0.4, 0.5) is 4.39 Å². The maximum Gasteiger partial charge on any atom is 0.306 e. The van der Waals surface area contributed by atoms with Crippen LogP contribution in [-0.2, 0) is 19.6 Å². The molecule has 0 bridgehead atoms. The number of esters is 1. The Kier molecular flexibility index (Phi) is 5.64. The van der Waals surface area contributed by atoms with Gasteiger partial charge in [-0.3, -0.25) is 4.79 Å². The van der Waals surface area contributed by atoms with Gasteiger partial charge in [0.05, 0.1) is 18.4 Å². The molecule has 0 saturated carbocycles. The van der Waals surface area contributed by atoms with E-state index in [1.54, 1.807) is 13.8 Å². The molecule has 1 aromatic rings. The third kappa shape index (κ3) is 3.77. The van der Waals surface area contributed by atoms with Crippen molar-refractivity contribution < 1.29 is 22.3 Å². The summed E-state index contributed by atoms with van der Waals surface area (Å²) >= 11 is 0. The van der Waals surface area contributed by atoms with Gasteiger partial charge in [0, 0.05) is 13.1 Å². The van der Waals surface area contributed by atoms with Gasteiger partial charge in [-0.15, -0.1) is 0 Å². The molecule has 0 spiro atoms. The Balaban J connectivity index is 2.99. The van der Waals surface area contributed by atoms with Crippen LogP contribution in [0.3, 0.4) is 0 Å². The number of hydrogen-bond acceptors (Lipinski definition) is 4. The number of ether oxygens (including phenoxy) is 1. The van der Waals surface area contributed by atoms with Crippen molar-refractivity contribution in [2.24, 2.45) is 0 Å². The van der Waals surface area contributed by atoms with Crippen molar-refractivity contribution in [3.8, 4) is 0 Å². The fourth-order valence-electron chi connectivity index (χ4n) is 1.65. The van der Waals surface area contributed by atoms with Gasteiger partial charge in [-0.1, -0.05) is 13.0 Å². The van der Waals surface area contributed by atoms with Crippen molar-refractivity contribution in [1.29, 1.82) is 0 Å².